The highest BCUT2D eigenvalue weighted by atomic mass is 35.5. The molecule has 2 amide bonds. The maximum atomic E-state index is 12.7. The van der Waals surface area contributed by atoms with Crippen molar-refractivity contribution in [2.45, 2.75) is 33.6 Å². The number of aryl methyl sites for hydroxylation is 1. The predicted molar refractivity (Wildman–Crippen MR) is 98.6 cm³/mol. The fourth-order valence-corrected chi connectivity index (χ4v) is 5.05. The van der Waals surface area contributed by atoms with Crippen molar-refractivity contribution in [2.24, 2.45) is 5.92 Å². The molecule has 1 N–H and O–H groups in total. The van der Waals surface area contributed by atoms with Gasteiger partial charge < -0.3 is 10.2 Å². The van der Waals surface area contributed by atoms with Crippen molar-refractivity contribution in [1.29, 1.82) is 0 Å². The lowest BCUT2D eigenvalue weighted by Crippen LogP contribution is -2.39. The quantitative estimate of drug-likeness (QED) is 0.884. The van der Waals surface area contributed by atoms with Gasteiger partial charge in [-0.2, -0.15) is 0 Å². The lowest BCUT2D eigenvalue weighted by molar-refractivity contribution is 0.210. The number of hydrogen-bond donors (Lipinski definition) is 1. The number of carbonyl (C=O) groups excluding carboxylic acids is 1. The van der Waals surface area contributed by atoms with Gasteiger partial charge in [0.25, 0.3) is 0 Å². The van der Waals surface area contributed by atoms with E-state index >= 15 is 0 Å². The molecule has 24 heavy (non-hydrogen) atoms. The fourth-order valence-electron chi connectivity index (χ4n) is 3.12. The minimum absolute atomic E-state index is 0.0155. The number of hydrogen-bond acceptors (Lipinski definition) is 3. The van der Waals surface area contributed by atoms with Crippen LogP contribution in [0, 0.1) is 5.92 Å². The van der Waals surface area contributed by atoms with E-state index in [-0.39, 0.29) is 30.0 Å². The number of rotatable bonds is 3. The van der Waals surface area contributed by atoms with E-state index in [1.807, 2.05) is 32.9 Å². The van der Waals surface area contributed by atoms with Crippen molar-refractivity contribution >= 4 is 33.2 Å². The first-order valence-electron chi connectivity index (χ1n) is 8.34. The number of benzene rings is 1. The molecule has 0 aliphatic carbocycles. The van der Waals surface area contributed by atoms with Crippen LogP contribution in [0.1, 0.15) is 31.9 Å². The summed E-state index contributed by atoms with van der Waals surface area (Å²) in [4.78, 5) is 14.3. The zero-order valence-corrected chi connectivity index (χ0v) is 16.0. The summed E-state index contributed by atoms with van der Waals surface area (Å²) in [6.45, 7) is 6.55. The Morgan fingerprint density at radius 1 is 1.33 bits per heavy atom. The summed E-state index contributed by atoms with van der Waals surface area (Å²) in [5.41, 5.74) is 2.71. The molecule has 0 radical (unpaired) electrons. The van der Waals surface area contributed by atoms with E-state index in [1.165, 1.54) is 0 Å². The van der Waals surface area contributed by atoms with Crippen LogP contribution >= 0.6 is 11.6 Å². The highest BCUT2D eigenvalue weighted by Gasteiger charge is 2.27. The standard InChI is InChI=1S/C17H25ClN2O3S/c1-4-13-6-7-15(18)14(5-2)16(13)19-17(21)20-8-9-24(22,23)11-12(3)10-20/h6-7,12H,4-5,8-11H2,1-3H3,(H,19,21). The monoisotopic (exact) mass is 372 g/mol. The van der Waals surface area contributed by atoms with Crippen molar-refractivity contribution in [2.75, 3.05) is 29.9 Å². The summed E-state index contributed by atoms with van der Waals surface area (Å²) in [6.07, 6.45) is 1.50. The molecule has 134 valence electrons. The molecule has 1 aliphatic rings. The number of nitrogens with zero attached hydrogens (tertiary/aromatic N) is 1. The molecule has 1 unspecified atom stereocenters. The third kappa shape index (κ3) is 4.42. The summed E-state index contributed by atoms with van der Waals surface area (Å²) >= 11 is 6.27. The summed E-state index contributed by atoms with van der Waals surface area (Å²) in [7, 11) is -3.08. The average Bonchev–Trinajstić information content (AvgIpc) is 2.65. The molecule has 0 aromatic heterocycles. The molecule has 1 aliphatic heterocycles. The minimum Gasteiger partial charge on any atom is -0.323 e. The van der Waals surface area contributed by atoms with Crippen LogP contribution in [-0.2, 0) is 22.7 Å². The Morgan fingerprint density at radius 3 is 2.67 bits per heavy atom. The molecule has 5 nitrogen and oxygen atoms in total. The van der Waals surface area contributed by atoms with Gasteiger partial charge in [-0.15, -0.1) is 0 Å². The first kappa shape index (κ1) is 19.1. The molecule has 1 aromatic rings. The van der Waals surface area contributed by atoms with Crippen LogP contribution in [-0.4, -0.2) is 43.9 Å². The van der Waals surface area contributed by atoms with Gasteiger partial charge in [-0.3, -0.25) is 0 Å². The molecule has 7 heteroatoms. The van der Waals surface area contributed by atoms with Crippen LogP contribution in [0.3, 0.4) is 0 Å². The van der Waals surface area contributed by atoms with E-state index in [9.17, 15) is 13.2 Å². The average molecular weight is 373 g/mol. The fraction of sp³-hybridized carbons (Fsp3) is 0.588. The second kappa shape index (κ2) is 7.74. The molecule has 1 fully saturated rings. The highest BCUT2D eigenvalue weighted by Crippen LogP contribution is 2.30. The lowest BCUT2D eigenvalue weighted by Gasteiger charge is -2.24. The Morgan fingerprint density at radius 2 is 2.04 bits per heavy atom. The maximum Gasteiger partial charge on any atom is 0.321 e. The Hall–Kier alpha value is -1.27. The Kier molecular flexibility index (Phi) is 6.15. The van der Waals surface area contributed by atoms with Gasteiger partial charge in [0.05, 0.1) is 17.2 Å². The molecular weight excluding hydrogens is 348 g/mol. The van der Waals surface area contributed by atoms with E-state index in [0.717, 1.165) is 23.2 Å². The topological polar surface area (TPSA) is 66.5 Å². The zero-order valence-electron chi connectivity index (χ0n) is 14.4. The smallest absolute Gasteiger partial charge is 0.321 e. The van der Waals surface area contributed by atoms with Gasteiger partial charge in [0.15, 0.2) is 9.84 Å². The van der Waals surface area contributed by atoms with Crippen LogP contribution in [0.5, 0.6) is 0 Å². The van der Waals surface area contributed by atoms with Gasteiger partial charge in [-0.25, -0.2) is 13.2 Å². The Labute approximate surface area is 149 Å². The number of halogens is 1. The molecule has 0 bridgehead atoms. The van der Waals surface area contributed by atoms with Crippen molar-refractivity contribution in [3.8, 4) is 0 Å². The van der Waals surface area contributed by atoms with E-state index in [2.05, 4.69) is 5.32 Å². The molecule has 1 heterocycles. The molecule has 0 spiro atoms. The van der Waals surface area contributed by atoms with Crippen molar-refractivity contribution in [3.05, 3.63) is 28.3 Å². The molecular formula is C17H25ClN2O3S. The lowest BCUT2D eigenvalue weighted by atomic mass is 10.0. The van der Waals surface area contributed by atoms with Crippen molar-refractivity contribution < 1.29 is 13.2 Å². The van der Waals surface area contributed by atoms with Crippen LogP contribution in [0.2, 0.25) is 5.02 Å². The second-order valence-corrected chi connectivity index (χ2v) is 9.00. The van der Waals surface area contributed by atoms with Crippen LogP contribution < -0.4 is 5.32 Å². The van der Waals surface area contributed by atoms with Crippen LogP contribution in [0.15, 0.2) is 12.1 Å². The first-order valence-corrected chi connectivity index (χ1v) is 10.5. The molecule has 0 saturated carbocycles. The van der Waals surface area contributed by atoms with Crippen LogP contribution in [0.25, 0.3) is 0 Å². The van der Waals surface area contributed by atoms with Gasteiger partial charge in [0, 0.05) is 18.1 Å². The summed E-state index contributed by atoms with van der Waals surface area (Å²) in [5.74, 6) is 0.0783. The van der Waals surface area contributed by atoms with E-state index in [4.69, 9.17) is 11.6 Å². The largest absolute Gasteiger partial charge is 0.323 e. The third-order valence-electron chi connectivity index (χ3n) is 4.34. The van der Waals surface area contributed by atoms with E-state index < -0.39 is 9.84 Å². The number of anilines is 1. The highest BCUT2D eigenvalue weighted by molar-refractivity contribution is 7.91. The Bertz CT molecular complexity index is 719. The summed E-state index contributed by atoms with van der Waals surface area (Å²) < 4.78 is 23.8. The van der Waals surface area contributed by atoms with Gasteiger partial charge >= 0.3 is 6.03 Å². The Balaban J connectivity index is 2.25. The predicted octanol–water partition coefficient (Wildman–Crippen LogP) is 3.36. The zero-order chi connectivity index (χ0) is 17.9. The number of nitrogens with one attached hydrogen (secondary N) is 1. The number of urea groups is 1. The number of sulfone groups is 1. The minimum atomic E-state index is -3.08. The summed E-state index contributed by atoms with van der Waals surface area (Å²) in [6, 6.07) is 3.52. The van der Waals surface area contributed by atoms with E-state index in [1.54, 1.807) is 4.90 Å². The normalized spacial score (nSPS) is 20.5. The van der Waals surface area contributed by atoms with Gasteiger partial charge in [0.2, 0.25) is 0 Å². The molecule has 1 aromatic carbocycles. The second-order valence-electron chi connectivity index (χ2n) is 6.36. The van der Waals surface area contributed by atoms with Gasteiger partial charge in [0.1, 0.15) is 0 Å². The van der Waals surface area contributed by atoms with Crippen molar-refractivity contribution in [1.82, 2.24) is 4.90 Å². The van der Waals surface area contributed by atoms with Crippen molar-refractivity contribution in [3.63, 3.8) is 0 Å². The molecule has 1 saturated heterocycles. The molecule has 1 atom stereocenters. The molecule has 2 rings (SSSR count). The third-order valence-corrected chi connectivity index (χ3v) is 6.57. The van der Waals surface area contributed by atoms with E-state index in [0.29, 0.717) is 18.0 Å². The first-order chi connectivity index (χ1) is 11.3. The summed E-state index contributed by atoms with van der Waals surface area (Å²) in [5, 5.41) is 3.61. The van der Waals surface area contributed by atoms with Gasteiger partial charge in [-0.05, 0) is 36.0 Å². The van der Waals surface area contributed by atoms with Gasteiger partial charge in [-0.1, -0.05) is 38.4 Å². The SMILES string of the molecule is CCc1ccc(Cl)c(CC)c1NC(=O)N1CCS(=O)(=O)CC(C)C1. The number of carbonyl (C=O) groups is 1. The maximum absolute atomic E-state index is 12.7. The number of amides is 2. The van der Waals surface area contributed by atoms with Crippen LogP contribution in [0.4, 0.5) is 10.5 Å².